The lowest BCUT2D eigenvalue weighted by molar-refractivity contribution is -0.124. The van der Waals surface area contributed by atoms with Crippen LogP contribution in [0.4, 0.5) is 0 Å². The molecule has 4 atom stereocenters. The SMILES string of the molecule is COc1ccc(CO[C@H]2[C@H](C)OC(O)[C@@H]2O)cc1. The van der Waals surface area contributed by atoms with Crippen molar-refractivity contribution in [1.82, 2.24) is 0 Å². The van der Waals surface area contributed by atoms with Crippen LogP contribution in [-0.4, -0.2) is 41.9 Å². The Morgan fingerprint density at radius 3 is 2.39 bits per heavy atom. The monoisotopic (exact) mass is 254 g/mol. The van der Waals surface area contributed by atoms with Crippen LogP contribution in [0.1, 0.15) is 12.5 Å². The number of hydrogen-bond donors (Lipinski definition) is 2. The van der Waals surface area contributed by atoms with E-state index in [4.69, 9.17) is 14.2 Å². The molecule has 1 unspecified atom stereocenters. The van der Waals surface area contributed by atoms with E-state index in [1.165, 1.54) is 0 Å². The molecule has 0 saturated carbocycles. The molecule has 1 aromatic carbocycles. The lowest BCUT2D eigenvalue weighted by Crippen LogP contribution is -2.34. The normalized spacial score (nSPS) is 31.6. The Morgan fingerprint density at radius 1 is 1.22 bits per heavy atom. The number of hydrogen-bond acceptors (Lipinski definition) is 5. The zero-order valence-corrected chi connectivity index (χ0v) is 10.4. The summed E-state index contributed by atoms with van der Waals surface area (Å²) in [5.74, 6) is 0.784. The lowest BCUT2D eigenvalue weighted by atomic mass is 10.1. The van der Waals surface area contributed by atoms with Gasteiger partial charge in [0, 0.05) is 0 Å². The van der Waals surface area contributed by atoms with E-state index in [-0.39, 0.29) is 6.10 Å². The minimum atomic E-state index is -1.17. The fraction of sp³-hybridized carbons (Fsp3) is 0.538. The van der Waals surface area contributed by atoms with Crippen LogP contribution in [0.25, 0.3) is 0 Å². The molecule has 0 spiro atoms. The molecule has 1 heterocycles. The Hall–Kier alpha value is -1.14. The quantitative estimate of drug-likeness (QED) is 0.827. The number of aliphatic hydroxyl groups is 2. The molecule has 0 amide bonds. The van der Waals surface area contributed by atoms with Crippen molar-refractivity contribution < 1.29 is 24.4 Å². The molecule has 2 N–H and O–H groups in total. The van der Waals surface area contributed by atoms with Crippen LogP contribution in [-0.2, 0) is 16.1 Å². The summed E-state index contributed by atoms with van der Waals surface area (Å²) in [7, 11) is 1.61. The largest absolute Gasteiger partial charge is 0.497 e. The second-order valence-electron chi connectivity index (χ2n) is 4.35. The van der Waals surface area contributed by atoms with Crippen molar-refractivity contribution in [3.8, 4) is 5.75 Å². The van der Waals surface area contributed by atoms with Crippen molar-refractivity contribution in [2.75, 3.05) is 7.11 Å². The Balaban J connectivity index is 1.90. The van der Waals surface area contributed by atoms with E-state index in [0.29, 0.717) is 6.61 Å². The summed E-state index contributed by atoms with van der Waals surface area (Å²) in [6, 6.07) is 7.47. The van der Waals surface area contributed by atoms with Gasteiger partial charge in [0.15, 0.2) is 6.29 Å². The first-order valence-corrected chi connectivity index (χ1v) is 5.88. The number of rotatable bonds is 4. The van der Waals surface area contributed by atoms with Crippen molar-refractivity contribution in [3.63, 3.8) is 0 Å². The maximum Gasteiger partial charge on any atom is 0.183 e. The van der Waals surface area contributed by atoms with Crippen molar-refractivity contribution in [3.05, 3.63) is 29.8 Å². The van der Waals surface area contributed by atoms with E-state index in [1.54, 1.807) is 14.0 Å². The predicted molar refractivity (Wildman–Crippen MR) is 64.1 cm³/mol. The number of benzene rings is 1. The number of ether oxygens (including phenoxy) is 3. The van der Waals surface area contributed by atoms with Gasteiger partial charge in [0.1, 0.15) is 18.0 Å². The highest BCUT2D eigenvalue weighted by Crippen LogP contribution is 2.23. The van der Waals surface area contributed by atoms with Crippen LogP contribution in [0.5, 0.6) is 5.75 Å². The molecule has 0 aliphatic carbocycles. The van der Waals surface area contributed by atoms with Gasteiger partial charge in [-0.1, -0.05) is 12.1 Å². The van der Waals surface area contributed by atoms with E-state index >= 15 is 0 Å². The van der Waals surface area contributed by atoms with Gasteiger partial charge in [0.05, 0.1) is 19.8 Å². The van der Waals surface area contributed by atoms with Crippen molar-refractivity contribution in [2.24, 2.45) is 0 Å². The molecule has 2 rings (SSSR count). The van der Waals surface area contributed by atoms with Gasteiger partial charge in [0.25, 0.3) is 0 Å². The summed E-state index contributed by atoms with van der Waals surface area (Å²) in [5.41, 5.74) is 0.969. The maximum absolute atomic E-state index is 9.67. The molecule has 0 aromatic heterocycles. The molecule has 0 bridgehead atoms. The average molecular weight is 254 g/mol. The summed E-state index contributed by atoms with van der Waals surface area (Å²) in [4.78, 5) is 0. The predicted octanol–water partition coefficient (Wildman–Crippen LogP) is 0.678. The molecule has 100 valence electrons. The lowest BCUT2D eigenvalue weighted by Gasteiger charge is -2.17. The summed E-state index contributed by atoms with van der Waals surface area (Å²) >= 11 is 0. The topological polar surface area (TPSA) is 68.2 Å². The number of aliphatic hydroxyl groups excluding tert-OH is 2. The van der Waals surface area contributed by atoms with Crippen LogP contribution >= 0.6 is 0 Å². The fourth-order valence-electron chi connectivity index (χ4n) is 1.97. The summed E-state index contributed by atoms with van der Waals surface area (Å²) in [6.45, 7) is 2.12. The van der Waals surface area contributed by atoms with Crippen LogP contribution in [0.2, 0.25) is 0 Å². The molecule has 1 aliphatic rings. The Morgan fingerprint density at radius 2 is 1.89 bits per heavy atom. The first-order chi connectivity index (χ1) is 8.61. The molecule has 1 aliphatic heterocycles. The molecule has 18 heavy (non-hydrogen) atoms. The van der Waals surface area contributed by atoms with Crippen molar-refractivity contribution >= 4 is 0 Å². The molecule has 1 saturated heterocycles. The first-order valence-electron chi connectivity index (χ1n) is 5.88. The Labute approximate surface area is 106 Å². The smallest absolute Gasteiger partial charge is 0.183 e. The van der Waals surface area contributed by atoms with Crippen LogP contribution in [0.3, 0.4) is 0 Å². The van der Waals surface area contributed by atoms with Crippen LogP contribution in [0.15, 0.2) is 24.3 Å². The zero-order chi connectivity index (χ0) is 13.1. The molecular weight excluding hydrogens is 236 g/mol. The van der Waals surface area contributed by atoms with Crippen molar-refractivity contribution in [2.45, 2.75) is 38.1 Å². The molecular formula is C13H18O5. The van der Waals surface area contributed by atoms with Crippen molar-refractivity contribution in [1.29, 1.82) is 0 Å². The van der Waals surface area contributed by atoms with Gasteiger partial charge in [-0.25, -0.2) is 0 Å². The molecule has 1 fully saturated rings. The van der Waals surface area contributed by atoms with E-state index in [1.807, 2.05) is 24.3 Å². The summed E-state index contributed by atoms with van der Waals surface area (Å²) in [6.07, 6.45) is -3.01. The molecule has 5 nitrogen and oxygen atoms in total. The Kier molecular flexibility index (Phi) is 4.19. The second kappa shape index (κ2) is 5.67. The highest BCUT2D eigenvalue weighted by molar-refractivity contribution is 5.26. The number of methoxy groups -OCH3 is 1. The highest BCUT2D eigenvalue weighted by atomic mass is 16.7. The third-order valence-corrected chi connectivity index (χ3v) is 3.05. The average Bonchev–Trinajstić information content (AvgIpc) is 2.62. The fourth-order valence-corrected chi connectivity index (χ4v) is 1.97. The van der Waals surface area contributed by atoms with Gasteiger partial charge in [-0.3, -0.25) is 0 Å². The van der Waals surface area contributed by atoms with E-state index < -0.39 is 18.5 Å². The summed E-state index contributed by atoms with van der Waals surface area (Å²) < 4.78 is 15.7. The summed E-state index contributed by atoms with van der Waals surface area (Å²) in [5, 5.41) is 19.0. The molecule has 5 heteroatoms. The zero-order valence-electron chi connectivity index (χ0n) is 10.4. The first kappa shape index (κ1) is 13.3. The molecule has 1 aromatic rings. The van der Waals surface area contributed by atoms with Gasteiger partial charge in [-0.05, 0) is 24.6 Å². The van der Waals surface area contributed by atoms with Gasteiger partial charge in [0.2, 0.25) is 0 Å². The standard InChI is InChI=1S/C13H18O5/c1-8-12(11(14)13(15)18-8)17-7-9-3-5-10(16-2)6-4-9/h3-6,8,11-15H,7H2,1-2H3/t8-,11+,12-,13?/m0/s1. The van der Waals surface area contributed by atoms with Crippen LogP contribution < -0.4 is 4.74 Å². The second-order valence-corrected chi connectivity index (χ2v) is 4.35. The third kappa shape index (κ3) is 2.81. The van der Waals surface area contributed by atoms with Crippen LogP contribution in [0, 0.1) is 0 Å². The van der Waals surface area contributed by atoms with Gasteiger partial charge in [-0.15, -0.1) is 0 Å². The maximum atomic E-state index is 9.67. The van der Waals surface area contributed by atoms with E-state index in [0.717, 1.165) is 11.3 Å². The van der Waals surface area contributed by atoms with E-state index in [9.17, 15) is 10.2 Å². The van der Waals surface area contributed by atoms with Gasteiger partial charge in [-0.2, -0.15) is 0 Å². The van der Waals surface area contributed by atoms with Gasteiger partial charge >= 0.3 is 0 Å². The van der Waals surface area contributed by atoms with Gasteiger partial charge < -0.3 is 24.4 Å². The molecule has 0 radical (unpaired) electrons. The minimum Gasteiger partial charge on any atom is -0.497 e. The third-order valence-electron chi connectivity index (χ3n) is 3.05. The minimum absolute atomic E-state index is 0.326. The Bertz CT molecular complexity index is 377. The highest BCUT2D eigenvalue weighted by Gasteiger charge is 2.41. The van der Waals surface area contributed by atoms with E-state index in [2.05, 4.69) is 0 Å².